The number of aromatic nitrogens is 3. The molecule has 208 valence electrons. The van der Waals surface area contributed by atoms with E-state index in [0.717, 1.165) is 45.1 Å². The van der Waals surface area contributed by atoms with Gasteiger partial charge in [-0.15, -0.1) is 0 Å². The maximum absolute atomic E-state index is 12.8. The molecular formula is C26H30F3N7O3. The zero-order valence-corrected chi connectivity index (χ0v) is 21.1. The molecule has 1 aliphatic heterocycles. The van der Waals surface area contributed by atoms with Crippen LogP contribution in [0, 0.1) is 0 Å². The second-order valence-corrected chi connectivity index (χ2v) is 9.90. The molecule has 4 N–H and O–H groups in total. The predicted molar refractivity (Wildman–Crippen MR) is 139 cm³/mol. The minimum Gasteiger partial charge on any atom is -0.465 e. The van der Waals surface area contributed by atoms with Gasteiger partial charge in [0, 0.05) is 42.5 Å². The number of oxazole rings is 1. The van der Waals surface area contributed by atoms with Crippen LogP contribution < -0.4 is 20.9 Å². The van der Waals surface area contributed by atoms with Crippen molar-refractivity contribution in [2.24, 2.45) is 0 Å². The van der Waals surface area contributed by atoms with E-state index in [1.807, 2.05) is 11.0 Å². The lowest BCUT2D eigenvalue weighted by molar-refractivity contribution is -0.145. The number of alkyl halides is 3. The summed E-state index contributed by atoms with van der Waals surface area (Å²) in [4.78, 5) is 24.4. The van der Waals surface area contributed by atoms with E-state index in [0.29, 0.717) is 35.3 Å². The number of amides is 1. The monoisotopic (exact) mass is 545 g/mol. The molecule has 3 atom stereocenters. The van der Waals surface area contributed by atoms with Gasteiger partial charge in [0.2, 0.25) is 5.82 Å². The van der Waals surface area contributed by atoms with Crippen LogP contribution in [0.15, 0.2) is 47.3 Å². The first-order valence-electron chi connectivity index (χ1n) is 13.0. The summed E-state index contributed by atoms with van der Waals surface area (Å²) in [6, 6.07) is 7.72. The average molecular weight is 546 g/mol. The van der Waals surface area contributed by atoms with Crippen molar-refractivity contribution < 1.29 is 27.5 Å². The van der Waals surface area contributed by atoms with Crippen molar-refractivity contribution in [2.45, 2.75) is 62.8 Å². The molecule has 0 unspecified atom stereocenters. The first-order chi connectivity index (χ1) is 18.7. The molecule has 1 aliphatic carbocycles. The Morgan fingerprint density at radius 3 is 2.54 bits per heavy atom. The molecule has 2 aliphatic rings. The first-order valence-corrected chi connectivity index (χ1v) is 13.0. The van der Waals surface area contributed by atoms with Crippen LogP contribution in [-0.4, -0.2) is 57.4 Å². The van der Waals surface area contributed by atoms with E-state index < -0.39 is 18.1 Å². The molecule has 0 radical (unpaired) electrons. The Bertz CT molecular complexity index is 1270. The minimum absolute atomic E-state index is 0.0926. The minimum atomic E-state index is -4.56. The van der Waals surface area contributed by atoms with Crippen molar-refractivity contribution in [3.63, 3.8) is 0 Å². The maximum atomic E-state index is 12.8. The van der Waals surface area contributed by atoms with Gasteiger partial charge >= 0.3 is 12.3 Å². The number of carbonyl (C=O) groups is 1. The largest absolute Gasteiger partial charge is 0.465 e. The number of benzene rings is 1. The Morgan fingerprint density at radius 2 is 1.79 bits per heavy atom. The van der Waals surface area contributed by atoms with E-state index >= 15 is 0 Å². The van der Waals surface area contributed by atoms with Gasteiger partial charge in [0.25, 0.3) is 6.01 Å². The van der Waals surface area contributed by atoms with Gasteiger partial charge in [-0.25, -0.2) is 19.7 Å². The third-order valence-electron chi connectivity index (χ3n) is 7.11. The highest BCUT2D eigenvalue weighted by Gasteiger charge is 2.35. The smallest absolute Gasteiger partial charge is 0.451 e. The van der Waals surface area contributed by atoms with Crippen molar-refractivity contribution in [1.82, 2.24) is 20.3 Å². The number of anilines is 3. The molecule has 1 saturated carbocycles. The number of piperidine rings is 1. The Morgan fingerprint density at radius 1 is 1.03 bits per heavy atom. The lowest BCUT2D eigenvalue weighted by Gasteiger charge is -2.40. The molecule has 10 nitrogen and oxygen atoms in total. The Labute approximate surface area is 223 Å². The van der Waals surface area contributed by atoms with Crippen molar-refractivity contribution in [3.8, 4) is 11.3 Å². The zero-order valence-electron chi connectivity index (χ0n) is 21.1. The van der Waals surface area contributed by atoms with Crippen LogP contribution in [-0.2, 0) is 6.18 Å². The quantitative estimate of drug-likeness (QED) is 0.316. The summed E-state index contributed by atoms with van der Waals surface area (Å²) in [5.74, 6) is -0.609. The third-order valence-corrected chi connectivity index (χ3v) is 7.11. The summed E-state index contributed by atoms with van der Waals surface area (Å²) >= 11 is 0. The lowest BCUT2D eigenvalue weighted by Crippen LogP contribution is -2.55. The van der Waals surface area contributed by atoms with E-state index in [4.69, 9.17) is 9.52 Å². The number of rotatable bonds is 7. The Balaban J connectivity index is 1.21. The van der Waals surface area contributed by atoms with Gasteiger partial charge < -0.3 is 25.1 Å². The normalized spacial score (nSPS) is 21.9. The molecule has 3 aromatic rings. The number of nitrogens with one attached hydrogen (secondary N) is 3. The van der Waals surface area contributed by atoms with Gasteiger partial charge in [0.1, 0.15) is 0 Å². The Kier molecular flexibility index (Phi) is 7.87. The van der Waals surface area contributed by atoms with Gasteiger partial charge in [0.05, 0.1) is 24.3 Å². The van der Waals surface area contributed by atoms with Crippen molar-refractivity contribution in [3.05, 3.63) is 48.7 Å². The zero-order chi connectivity index (χ0) is 27.4. The molecule has 1 aromatic carbocycles. The third kappa shape index (κ3) is 6.77. The van der Waals surface area contributed by atoms with E-state index in [-0.39, 0.29) is 18.1 Å². The highest BCUT2D eigenvalue weighted by molar-refractivity contribution is 5.84. The topological polar surface area (TPSA) is 128 Å². The van der Waals surface area contributed by atoms with Gasteiger partial charge in [-0.05, 0) is 37.8 Å². The molecule has 2 aromatic heterocycles. The summed E-state index contributed by atoms with van der Waals surface area (Å²) in [5.41, 5.74) is 1.73. The lowest BCUT2D eigenvalue weighted by atomic mass is 9.89. The summed E-state index contributed by atoms with van der Waals surface area (Å²) in [7, 11) is 0. The molecule has 3 heterocycles. The molecule has 1 amide bonds. The van der Waals surface area contributed by atoms with Crippen LogP contribution in [0.2, 0.25) is 0 Å². The van der Waals surface area contributed by atoms with Gasteiger partial charge in [-0.2, -0.15) is 13.2 Å². The van der Waals surface area contributed by atoms with Crippen molar-refractivity contribution in [2.75, 3.05) is 28.6 Å². The van der Waals surface area contributed by atoms with Gasteiger partial charge in [0.15, 0.2) is 5.76 Å². The van der Waals surface area contributed by atoms with Crippen LogP contribution in [0.25, 0.3) is 11.3 Å². The number of nitrogens with zero attached hydrogens (tertiary/aromatic N) is 4. The van der Waals surface area contributed by atoms with Crippen molar-refractivity contribution in [1.29, 1.82) is 0 Å². The summed E-state index contributed by atoms with van der Waals surface area (Å²) in [6.45, 7) is 1.39. The number of hydrogen-bond donors (Lipinski definition) is 4. The van der Waals surface area contributed by atoms with Gasteiger partial charge in [-0.3, -0.25) is 5.32 Å². The number of hydrogen-bond acceptors (Lipinski definition) is 8. The molecule has 0 bridgehead atoms. The Hall–Kier alpha value is -3.87. The van der Waals surface area contributed by atoms with Crippen LogP contribution in [0.5, 0.6) is 0 Å². The van der Waals surface area contributed by atoms with Crippen LogP contribution in [0.3, 0.4) is 0 Å². The molecule has 5 rings (SSSR count). The fraction of sp³-hybridized carbons (Fsp3) is 0.462. The number of halogens is 3. The second kappa shape index (κ2) is 11.5. The van der Waals surface area contributed by atoms with E-state index in [9.17, 15) is 18.0 Å². The molecule has 0 spiro atoms. The van der Waals surface area contributed by atoms with Gasteiger partial charge in [-0.1, -0.05) is 25.0 Å². The maximum Gasteiger partial charge on any atom is 0.451 e. The molecular weight excluding hydrogens is 515 g/mol. The van der Waals surface area contributed by atoms with Crippen molar-refractivity contribution >= 4 is 23.5 Å². The summed E-state index contributed by atoms with van der Waals surface area (Å²) < 4.78 is 44.5. The highest BCUT2D eigenvalue weighted by Crippen LogP contribution is 2.29. The standard InChI is InChI=1S/C26H30F3N7O3/c27-26(28,29)23-30-12-19(13-31-23)36-10-4-7-18(15-36)33-20-8-1-2-9-21(20)35-24-32-14-22(39-24)16-5-3-6-17(11-16)34-25(37)38/h3,5-6,11-14,18,20-21,33-34H,1-2,4,7-10,15H2,(H,32,35)(H,37,38)/t18-,20+,21+/m0/s1. The molecule has 2 fully saturated rings. The first kappa shape index (κ1) is 26.7. The van der Waals surface area contributed by atoms with Crippen LogP contribution in [0.4, 0.5) is 35.4 Å². The highest BCUT2D eigenvalue weighted by atomic mass is 19.4. The van der Waals surface area contributed by atoms with E-state index in [1.165, 1.54) is 12.4 Å². The predicted octanol–water partition coefficient (Wildman–Crippen LogP) is 5.22. The van der Waals surface area contributed by atoms with E-state index in [1.54, 1.807) is 24.4 Å². The van der Waals surface area contributed by atoms with E-state index in [2.05, 4.69) is 30.9 Å². The van der Waals surface area contributed by atoms with Crippen LogP contribution in [0.1, 0.15) is 44.3 Å². The van der Waals surface area contributed by atoms with Crippen LogP contribution >= 0.6 is 0 Å². The summed E-state index contributed by atoms with van der Waals surface area (Å²) in [5, 5.41) is 18.5. The SMILES string of the molecule is O=C(O)Nc1cccc(-c2cnc(N[C@@H]3CCCC[C@H]3N[C@H]3CCCN(c4cnc(C(F)(F)F)nc4)C3)o2)c1. The fourth-order valence-corrected chi connectivity index (χ4v) is 5.29. The molecule has 1 saturated heterocycles. The molecule has 39 heavy (non-hydrogen) atoms. The average Bonchev–Trinajstić information content (AvgIpc) is 3.38. The second-order valence-electron chi connectivity index (χ2n) is 9.90. The fourth-order valence-electron chi connectivity index (χ4n) is 5.29. The molecule has 13 heteroatoms. The summed E-state index contributed by atoms with van der Waals surface area (Å²) in [6.07, 6.45) is 4.37. The number of carboxylic acid groups (broad SMARTS) is 1.